The van der Waals surface area contributed by atoms with Crippen molar-refractivity contribution in [3.8, 4) is 5.75 Å². The number of aromatic nitrogens is 1. The molecule has 3 heterocycles. The lowest BCUT2D eigenvalue weighted by atomic mass is 9.92. The van der Waals surface area contributed by atoms with Crippen LogP contribution in [0.15, 0.2) is 41.3 Å². The number of amides is 1. The summed E-state index contributed by atoms with van der Waals surface area (Å²) in [6.45, 7) is 3.28. The van der Waals surface area contributed by atoms with Gasteiger partial charge in [-0.1, -0.05) is 12.1 Å². The summed E-state index contributed by atoms with van der Waals surface area (Å²) in [6, 6.07) is 5.54. The Morgan fingerprint density at radius 2 is 1.84 bits per heavy atom. The van der Waals surface area contributed by atoms with Crippen molar-refractivity contribution in [2.24, 2.45) is 5.92 Å². The minimum atomic E-state index is -0.623. The van der Waals surface area contributed by atoms with Gasteiger partial charge in [-0.3, -0.25) is 14.4 Å². The van der Waals surface area contributed by atoms with Crippen molar-refractivity contribution in [1.29, 1.82) is 0 Å². The Balaban J connectivity index is 1.43. The van der Waals surface area contributed by atoms with E-state index in [2.05, 4.69) is 0 Å². The van der Waals surface area contributed by atoms with E-state index in [0.29, 0.717) is 30.7 Å². The first kappa shape index (κ1) is 28.3. The van der Waals surface area contributed by atoms with Gasteiger partial charge in [0.1, 0.15) is 17.6 Å². The molecule has 2 atom stereocenters. The molecular formula is C33H30FN3O6. The number of pyridine rings is 1. The molecule has 3 fully saturated rings. The number of piperidine rings is 1. The highest BCUT2D eigenvalue weighted by molar-refractivity contribution is 6.08. The van der Waals surface area contributed by atoms with E-state index in [0.717, 1.165) is 25.7 Å². The molecule has 1 aliphatic carbocycles. The van der Waals surface area contributed by atoms with Crippen LogP contribution in [0.1, 0.15) is 54.6 Å². The van der Waals surface area contributed by atoms with Gasteiger partial charge in [-0.15, -0.1) is 0 Å². The Morgan fingerprint density at radius 1 is 1.07 bits per heavy atom. The van der Waals surface area contributed by atoms with Crippen molar-refractivity contribution >= 4 is 46.2 Å². The maximum Gasteiger partial charge on any atom is 0.219 e. The van der Waals surface area contributed by atoms with E-state index >= 15 is 4.39 Å². The standard InChI is InChI=1S/C33H30FN3O6/c1-19(40)36-11-3-4-21-14-35(16-28(21)36)31-27(34)13-25-30(33(31)43-2)37(24-8-9-24)15-26(32(25)42)29(41)10-6-20-5-7-22(17-38)23(12-20)18-39/h5-7,10,12-13,15,21,24,28H,3-4,8-9,11,14,16H2,1-2H3/b10-6+. The topological polar surface area (TPSA) is 106 Å². The van der Waals surface area contributed by atoms with E-state index in [1.165, 1.54) is 43.7 Å². The van der Waals surface area contributed by atoms with Crippen LogP contribution in [0.4, 0.5) is 10.1 Å². The lowest BCUT2D eigenvalue weighted by Crippen LogP contribution is -2.47. The van der Waals surface area contributed by atoms with Crippen molar-refractivity contribution in [3.05, 3.63) is 74.1 Å². The summed E-state index contributed by atoms with van der Waals surface area (Å²) in [4.78, 5) is 65.2. The first-order valence-electron chi connectivity index (χ1n) is 14.4. The molecule has 2 saturated heterocycles. The molecule has 10 heteroatoms. The molecule has 0 radical (unpaired) electrons. The molecule has 6 rings (SSSR count). The van der Waals surface area contributed by atoms with Crippen LogP contribution < -0.4 is 25.5 Å². The third kappa shape index (κ3) is 4.99. The number of ether oxygens (including phenoxy) is 1. The van der Waals surface area contributed by atoms with Gasteiger partial charge in [0, 0.05) is 38.8 Å². The van der Waals surface area contributed by atoms with Gasteiger partial charge in [0.2, 0.25) is 11.3 Å². The molecule has 220 valence electrons. The fourth-order valence-electron chi connectivity index (χ4n) is 6.60. The zero-order valence-corrected chi connectivity index (χ0v) is 23.9. The first-order valence-corrected chi connectivity index (χ1v) is 14.4. The van der Waals surface area contributed by atoms with Crippen molar-refractivity contribution < 1.29 is 28.3 Å². The highest BCUT2D eigenvalue weighted by Crippen LogP contribution is 2.45. The normalized spacial score (nSPS) is 19.8. The summed E-state index contributed by atoms with van der Waals surface area (Å²) in [7, 11) is 1.45. The van der Waals surface area contributed by atoms with Gasteiger partial charge < -0.3 is 19.1 Å². The highest BCUT2D eigenvalue weighted by Gasteiger charge is 2.42. The molecule has 0 bridgehead atoms. The molecule has 1 aromatic heterocycles. The van der Waals surface area contributed by atoms with Crippen molar-refractivity contribution in [2.75, 3.05) is 31.6 Å². The third-order valence-corrected chi connectivity index (χ3v) is 8.80. The van der Waals surface area contributed by atoms with Crippen LogP contribution >= 0.6 is 0 Å². The molecule has 0 N–H and O–H groups in total. The number of ketones is 1. The van der Waals surface area contributed by atoms with Gasteiger partial charge >= 0.3 is 0 Å². The van der Waals surface area contributed by atoms with Crippen LogP contribution in [0.25, 0.3) is 17.0 Å². The number of methoxy groups -OCH3 is 1. The van der Waals surface area contributed by atoms with Gasteiger partial charge in [-0.25, -0.2) is 14.0 Å². The average molecular weight is 584 g/mol. The Labute approximate surface area is 246 Å². The number of nitrogens with zero attached hydrogens (tertiary/aromatic N) is 3. The number of fused-ring (bicyclic) bond motifs is 2. The monoisotopic (exact) mass is 583 g/mol. The number of anilines is 1. The Bertz CT molecular complexity index is 1930. The average Bonchev–Trinajstić information content (AvgIpc) is 3.76. The second-order valence-electron chi connectivity index (χ2n) is 11.4. The van der Waals surface area contributed by atoms with Crippen molar-refractivity contribution in [2.45, 2.75) is 44.7 Å². The summed E-state index contributed by atoms with van der Waals surface area (Å²) in [5, 5.41) is 0.116. The van der Waals surface area contributed by atoms with Crippen LogP contribution in [0, 0.1) is 11.7 Å². The van der Waals surface area contributed by atoms with E-state index in [1.807, 2.05) is 14.4 Å². The number of likely N-dealkylation sites (tertiary alicyclic amines) is 1. The lowest BCUT2D eigenvalue weighted by Gasteiger charge is -2.36. The Hall–Kier alpha value is -4.78. The minimum Gasteiger partial charge on any atom is -0.492 e. The van der Waals surface area contributed by atoms with Crippen molar-refractivity contribution in [3.63, 3.8) is 0 Å². The maximum absolute atomic E-state index is 16.0. The molecule has 43 heavy (non-hydrogen) atoms. The number of halogens is 1. The van der Waals surface area contributed by atoms with Gasteiger partial charge in [-0.05, 0) is 61.4 Å². The molecule has 9 nitrogen and oxygen atoms in total. The first-order chi connectivity index (χ1) is 20.7. The van der Waals surface area contributed by atoms with Crippen LogP contribution in [0.2, 0.25) is 0 Å². The molecule has 3 aromatic rings. The fraction of sp³-hybridized carbons (Fsp3) is 0.364. The summed E-state index contributed by atoms with van der Waals surface area (Å²) in [5.74, 6) is 2.59. The summed E-state index contributed by atoms with van der Waals surface area (Å²) >= 11 is 0. The predicted octanol–water partition coefficient (Wildman–Crippen LogP) is 1.83. The number of allylic oxidation sites excluding steroid dienone is 1. The van der Waals surface area contributed by atoms with Crippen LogP contribution in [-0.4, -0.2) is 65.8 Å². The predicted molar refractivity (Wildman–Crippen MR) is 158 cm³/mol. The number of carbonyl (C=O) groups excluding carboxylic acids is 4. The quantitative estimate of drug-likeness (QED) is 0.322. The number of carbonyl (C=O) groups is 2. The molecule has 0 spiro atoms. The van der Waals surface area contributed by atoms with E-state index in [-0.39, 0.29) is 56.7 Å². The maximum atomic E-state index is 16.0. The highest BCUT2D eigenvalue weighted by atomic mass is 19.1. The fourth-order valence-corrected chi connectivity index (χ4v) is 6.60. The molecule has 1 amide bonds. The van der Waals surface area contributed by atoms with E-state index in [9.17, 15) is 24.0 Å². The van der Waals surface area contributed by atoms with Gasteiger partial charge in [0.15, 0.2) is 17.3 Å². The van der Waals surface area contributed by atoms with Gasteiger partial charge in [0.25, 0.3) is 0 Å². The van der Waals surface area contributed by atoms with E-state index in [4.69, 9.17) is 4.74 Å². The van der Waals surface area contributed by atoms with Gasteiger partial charge in [-0.2, -0.15) is 0 Å². The summed E-state index contributed by atoms with van der Waals surface area (Å²) < 4.78 is 23.7. The van der Waals surface area contributed by atoms with Crippen LogP contribution in [0.3, 0.4) is 0 Å². The van der Waals surface area contributed by atoms with Crippen LogP contribution in [-0.2, 0) is 14.4 Å². The van der Waals surface area contributed by atoms with E-state index < -0.39 is 17.0 Å². The lowest BCUT2D eigenvalue weighted by molar-refractivity contribution is -0.132. The Kier molecular flexibility index (Phi) is 7.34. The number of hydrogen-bond acceptors (Lipinski definition) is 7. The third-order valence-electron chi connectivity index (χ3n) is 8.80. The largest absolute Gasteiger partial charge is 0.492 e. The molecule has 1 saturated carbocycles. The number of rotatable bonds is 6. The molecule has 2 aromatic carbocycles. The summed E-state index contributed by atoms with van der Waals surface area (Å²) in [5.41, 5.74) is 0.433. The summed E-state index contributed by atoms with van der Waals surface area (Å²) in [6.07, 6.45) is 7.69. The Morgan fingerprint density at radius 3 is 2.51 bits per heavy atom. The van der Waals surface area contributed by atoms with Crippen molar-refractivity contribution in [1.82, 2.24) is 9.47 Å². The number of hydrogen-bond donors (Lipinski definition) is 0. The zero-order chi connectivity index (χ0) is 30.4. The second-order valence-corrected chi connectivity index (χ2v) is 11.4. The van der Waals surface area contributed by atoms with Gasteiger partial charge in [0.05, 0.1) is 40.1 Å². The molecule has 2 unspecified atom stereocenters. The smallest absolute Gasteiger partial charge is 0.219 e. The molecule has 3 aliphatic rings. The van der Waals surface area contributed by atoms with Crippen LogP contribution in [0.5, 0.6) is 5.75 Å². The zero-order valence-electron chi connectivity index (χ0n) is 23.9. The van der Waals surface area contributed by atoms with E-state index in [1.54, 1.807) is 24.9 Å². The SMILES string of the molecule is COc1c(N2CC3CCCN(C(C)=O)C3C2)c(F)cc2c(=O)c(C(=O)/C=C/c3ccc(=C=O)c(=C=O)c3)cn(C3CC3)c12. The molecule has 2 aliphatic heterocycles. The second kappa shape index (κ2) is 11.1. The number of benzene rings is 2. The minimum absolute atomic E-state index is 0.00955. The molecular weight excluding hydrogens is 553 g/mol.